The summed E-state index contributed by atoms with van der Waals surface area (Å²) in [4.78, 5) is 56.2. The molecule has 5 aliphatic rings. The monoisotopic (exact) mass is 842 g/mol. The molecule has 0 bridgehead atoms. The highest BCUT2D eigenvalue weighted by molar-refractivity contribution is 6.05. The van der Waals surface area contributed by atoms with Crippen LogP contribution in [0.2, 0.25) is 0 Å². The molecule has 0 saturated carbocycles. The molecule has 3 aromatic rings. The summed E-state index contributed by atoms with van der Waals surface area (Å²) in [5.41, 5.74) is 11.4. The van der Waals surface area contributed by atoms with Crippen LogP contribution in [-0.2, 0) is 27.2 Å². The summed E-state index contributed by atoms with van der Waals surface area (Å²) in [6.45, 7) is 16.8. The lowest BCUT2D eigenvalue weighted by atomic mass is 9.91. The summed E-state index contributed by atoms with van der Waals surface area (Å²) in [7, 11) is 0. The van der Waals surface area contributed by atoms with Gasteiger partial charge in [-0.25, -0.2) is 9.98 Å². The topological polar surface area (TPSA) is 135 Å². The molecular formula is C49H63N9O4. The van der Waals surface area contributed by atoms with Gasteiger partial charge in [0.05, 0.1) is 30.6 Å². The van der Waals surface area contributed by atoms with Crippen LogP contribution in [0.5, 0.6) is 5.88 Å². The molecule has 0 spiro atoms. The number of anilines is 4. The van der Waals surface area contributed by atoms with E-state index in [-0.39, 0.29) is 23.6 Å². The van der Waals surface area contributed by atoms with Gasteiger partial charge in [0, 0.05) is 87.7 Å². The lowest BCUT2D eigenvalue weighted by molar-refractivity contribution is -0.136. The van der Waals surface area contributed by atoms with Crippen LogP contribution >= 0.6 is 0 Å². The van der Waals surface area contributed by atoms with E-state index in [2.05, 4.69) is 106 Å². The van der Waals surface area contributed by atoms with Crippen LogP contribution in [0.1, 0.15) is 74.6 Å². The lowest BCUT2D eigenvalue weighted by Crippen LogP contribution is -2.63. The van der Waals surface area contributed by atoms with E-state index in [4.69, 9.17) is 9.73 Å². The molecule has 0 radical (unpaired) electrons. The van der Waals surface area contributed by atoms with Gasteiger partial charge >= 0.3 is 0 Å². The molecule has 4 fully saturated rings. The fraction of sp³-hybridized carbons (Fsp3) is 0.490. The Hall–Kier alpha value is -5.69. The van der Waals surface area contributed by atoms with Crippen LogP contribution < -0.4 is 30.5 Å². The lowest BCUT2D eigenvalue weighted by Gasteiger charge is -2.49. The van der Waals surface area contributed by atoms with Crippen molar-refractivity contribution < 1.29 is 19.1 Å². The van der Waals surface area contributed by atoms with Crippen LogP contribution in [-0.4, -0.2) is 110 Å². The number of benzene rings is 2. The van der Waals surface area contributed by atoms with E-state index in [0.29, 0.717) is 44.3 Å². The van der Waals surface area contributed by atoms with Crippen LogP contribution in [0.4, 0.5) is 22.7 Å². The number of aryl methyl sites for hydroxylation is 2. The third kappa shape index (κ3) is 9.99. The second kappa shape index (κ2) is 19.6. The standard InChI is InChI=1S/C49H63N9O4/c1-5-8-44(53-42-32-57(21-19-36(42)6-2)43-29-51-49-47(34(43)4)50-20-26-62-49)52-39-15-11-35(12-16-39)28-46(60)56-24-22-55(23-25-56)41-30-58(31-41)40-17-13-37(33(3)27-40)9-7-10-38-14-18-45(59)54-48(38)61/h6,8,11-13,15-17,27,29,38,41,50,52H,5,7,9-10,14,18-26,28,30-32H2,1-4H3,(H,54,59,61)/b36-6-,44-8+,53-42-. The maximum absolute atomic E-state index is 13.4. The number of imide groups is 1. The van der Waals surface area contributed by atoms with Gasteiger partial charge in [0.25, 0.3) is 0 Å². The van der Waals surface area contributed by atoms with E-state index >= 15 is 0 Å². The number of rotatable bonds is 13. The highest BCUT2D eigenvalue weighted by atomic mass is 16.5. The molecule has 0 aliphatic carbocycles. The zero-order valence-corrected chi connectivity index (χ0v) is 37.0. The zero-order chi connectivity index (χ0) is 43.2. The number of hydrogen-bond donors (Lipinski definition) is 3. The number of ether oxygens (including phenoxy) is 1. The molecule has 1 unspecified atom stereocenters. The molecule has 8 rings (SSSR count). The van der Waals surface area contributed by atoms with Crippen molar-refractivity contribution in [3.8, 4) is 5.88 Å². The van der Waals surface area contributed by atoms with Gasteiger partial charge in [0.2, 0.25) is 23.6 Å². The van der Waals surface area contributed by atoms with E-state index in [1.54, 1.807) is 0 Å². The minimum absolute atomic E-state index is 0.0491. The van der Waals surface area contributed by atoms with Crippen molar-refractivity contribution in [2.24, 2.45) is 10.9 Å². The number of allylic oxidation sites excluding steroid dienone is 2. The number of nitrogens with zero attached hydrogens (tertiary/aromatic N) is 6. The molecule has 5 aliphatic heterocycles. The second-order valence-electron chi connectivity index (χ2n) is 17.4. The van der Waals surface area contributed by atoms with Crippen LogP contribution in [0.15, 0.2) is 77.2 Å². The van der Waals surface area contributed by atoms with E-state index in [1.165, 1.54) is 22.4 Å². The Morgan fingerprint density at radius 2 is 1.82 bits per heavy atom. The van der Waals surface area contributed by atoms with Gasteiger partial charge in [-0.05, 0) is 112 Å². The highest BCUT2D eigenvalue weighted by Crippen LogP contribution is 2.36. The predicted octanol–water partition coefficient (Wildman–Crippen LogP) is 6.41. The Kier molecular flexibility index (Phi) is 13.6. The van der Waals surface area contributed by atoms with Crippen LogP contribution in [0.25, 0.3) is 0 Å². The molecule has 6 heterocycles. The van der Waals surface area contributed by atoms with Crippen LogP contribution in [0.3, 0.4) is 0 Å². The first-order valence-corrected chi connectivity index (χ1v) is 22.8. The van der Waals surface area contributed by atoms with Crippen molar-refractivity contribution in [3.05, 3.63) is 94.5 Å². The van der Waals surface area contributed by atoms with Crippen molar-refractivity contribution in [1.82, 2.24) is 20.1 Å². The third-order valence-corrected chi connectivity index (χ3v) is 13.3. The number of piperazine rings is 1. The number of aromatic nitrogens is 1. The summed E-state index contributed by atoms with van der Waals surface area (Å²) in [6.07, 6.45) is 12.2. The van der Waals surface area contributed by atoms with Crippen LogP contribution in [0, 0.1) is 19.8 Å². The van der Waals surface area contributed by atoms with Crippen molar-refractivity contribution in [2.75, 3.05) is 85.9 Å². The SMILES string of the molecule is C/C=C1/CCN(c2cnc3c(c2C)NCCO3)C/C1=N/C(=C/CC)Nc1ccc(CC(=O)N2CCN(C3CN(c4ccc(CCCC5CCC(=O)NC5=O)c(C)c4)C3)CC2)cc1. The summed E-state index contributed by atoms with van der Waals surface area (Å²) >= 11 is 0. The van der Waals surface area contributed by atoms with E-state index in [9.17, 15) is 14.4 Å². The summed E-state index contributed by atoms with van der Waals surface area (Å²) in [5, 5.41) is 9.50. The van der Waals surface area contributed by atoms with Gasteiger partial charge in [0.1, 0.15) is 18.1 Å². The fourth-order valence-electron chi connectivity index (χ4n) is 9.46. The summed E-state index contributed by atoms with van der Waals surface area (Å²) in [5.74, 6) is 1.37. The number of carbonyl (C=O) groups excluding carboxylic acids is 3. The average molecular weight is 842 g/mol. The maximum atomic E-state index is 13.4. The maximum Gasteiger partial charge on any atom is 0.237 e. The molecule has 13 heteroatoms. The highest BCUT2D eigenvalue weighted by Gasteiger charge is 2.35. The van der Waals surface area contributed by atoms with Gasteiger partial charge in [0.15, 0.2) is 0 Å². The van der Waals surface area contributed by atoms with Crippen molar-refractivity contribution in [1.29, 1.82) is 0 Å². The Morgan fingerprint density at radius 3 is 2.56 bits per heavy atom. The van der Waals surface area contributed by atoms with Crippen molar-refractivity contribution >= 4 is 46.2 Å². The third-order valence-electron chi connectivity index (χ3n) is 13.3. The van der Waals surface area contributed by atoms with Gasteiger partial charge in [-0.15, -0.1) is 0 Å². The molecular weight excluding hydrogens is 779 g/mol. The zero-order valence-electron chi connectivity index (χ0n) is 37.0. The van der Waals surface area contributed by atoms with Crippen molar-refractivity contribution in [2.45, 2.75) is 85.1 Å². The number of nitrogens with one attached hydrogen (secondary N) is 3. The Balaban J connectivity index is 0.784. The van der Waals surface area contributed by atoms with Crippen molar-refractivity contribution in [3.63, 3.8) is 0 Å². The Labute approximate surface area is 366 Å². The minimum atomic E-state index is -0.149. The summed E-state index contributed by atoms with van der Waals surface area (Å²) in [6, 6.07) is 15.5. The number of piperidine rings is 2. The number of pyridine rings is 1. The Morgan fingerprint density at radius 1 is 1.02 bits per heavy atom. The number of carbonyl (C=O) groups is 3. The molecule has 62 heavy (non-hydrogen) atoms. The van der Waals surface area contributed by atoms with Gasteiger partial charge in [-0.2, -0.15) is 0 Å². The van der Waals surface area contributed by atoms with E-state index < -0.39 is 0 Å². The molecule has 3 amide bonds. The number of hydrogen-bond acceptors (Lipinski definition) is 11. The number of aliphatic imine (C=N–C) groups is 1. The summed E-state index contributed by atoms with van der Waals surface area (Å²) < 4.78 is 5.77. The predicted molar refractivity (Wildman–Crippen MR) is 247 cm³/mol. The van der Waals surface area contributed by atoms with Gasteiger partial charge in [-0.1, -0.05) is 31.2 Å². The first-order chi connectivity index (χ1) is 30.1. The van der Waals surface area contributed by atoms with E-state index in [1.807, 2.05) is 23.2 Å². The average Bonchev–Trinajstić information content (AvgIpc) is 3.26. The molecule has 3 N–H and O–H groups in total. The molecule has 1 aromatic heterocycles. The largest absolute Gasteiger partial charge is 0.474 e. The first kappa shape index (κ1) is 43.0. The van der Waals surface area contributed by atoms with Gasteiger partial charge < -0.3 is 30.1 Å². The Bertz CT molecular complexity index is 2220. The van der Waals surface area contributed by atoms with Gasteiger partial charge in [-0.3, -0.25) is 24.6 Å². The molecule has 328 valence electrons. The fourth-order valence-corrected chi connectivity index (χ4v) is 9.46. The molecule has 2 aromatic carbocycles. The smallest absolute Gasteiger partial charge is 0.237 e. The normalized spacial score (nSPS) is 21.3. The minimum Gasteiger partial charge on any atom is -0.474 e. The number of amides is 3. The molecule has 4 saturated heterocycles. The molecule has 1 atom stereocenters. The van der Waals surface area contributed by atoms with E-state index in [0.717, 1.165) is 124 Å². The quantitative estimate of drug-likeness (QED) is 0.166. The second-order valence-corrected chi connectivity index (χ2v) is 17.4. The first-order valence-electron chi connectivity index (χ1n) is 22.8. The number of fused-ring (bicyclic) bond motifs is 1. The molecule has 13 nitrogen and oxygen atoms in total.